The van der Waals surface area contributed by atoms with Gasteiger partial charge in [0.25, 0.3) is 0 Å². The van der Waals surface area contributed by atoms with Gasteiger partial charge in [-0.25, -0.2) is 13.1 Å². The fourth-order valence-electron chi connectivity index (χ4n) is 2.33. The lowest BCUT2D eigenvalue weighted by molar-refractivity contribution is 0.172. The van der Waals surface area contributed by atoms with E-state index in [9.17, 15) is 8.42 Å². The zero-order chi connectivity index (χ0) is 21.0. The molecule has 0 bridgehead atoms. The minimum atomic E-state index is -3.58. The lowest BCUT2D eigenvalue weighted by Crippen LogP contribution is -2.37. The van der Waals surface area contributed by atoms with Crippen molar-refractivity contribution in [2.24, 2.45) is 4.99 Å². The van der Waals surface area contributed by atoms with Gasteiger partial charge in [-0.05, 0) is 24.3 Å². The number of hydrogen-bond donors (Lipinski definition) is 3. The summed E-state index contributed by atoms with van der Waals surface area (Å²) < 4.78 is 37.5. The van der Waals surface area contributed by atoms with E-state index in [0.717, 1.165) is 17.9 Å². The van der Waals surface area contributed by atoms with E-state index in [1.54, 1.807) is 20.2 Å². The summed E-state index contributed by atoms with van der Waals surface area (Å²) in [5.41, 5.74) is 0.804. The highest BCUT2D eigenvalue weighted by Crippen LogP contribution is 2.17. The van der Waals surface area contributed by atoms with Crippen molar-refractivity contribution in [3.63, 3.8) is 0 Å². The van der Waals surface area contributed by atoms with E-state index < -0.39 is 10.0 Å². The van der Waals surface area contributed by atoms with E-state index >= 15 is 0 Å². The summed E-state index contributed by atoms with van der Waals surface area (Å²) in [6.07, 6.45) is 3.64. The van der Waals surface area contributed by atoms with Crippen LogP contribution in [0.15, 0.2) is 58.7 Å². The lowest BCUT2D eigenvalue weighted by Gasteiger charge is -2.13. The van der Waals surface area contributed by atoms with Crippen LogP contribution in [0.2, 0.25) is 0 Å². The Morgan fingerprint density at radius 3 is 2.70 bits per heavy atom. The maximum atomic E-state index is 12.2. The van der Waals surface area contributed by atoms with Gasteiger partial charge in [0.1, 0.15) is 10.6 Å². The molecule has 166 valence electrons. The van der Waals surface area contributed by atoms with Crippen molar-refractivity contribution in [2.45, 2.75) is 11.3 Å². The summed E-state index contributed by atoms with van der Waals surface area (Å²) in [7, 11) is -0.282. The molecule has 0 amide bonds. The highest BCUT2D eigenvalue weighted by molar-refractivity contribution is 14.0. The Kier molecular flexibility index (Phi) is 12.3. The van der Waals surface area contributed by atoms with Gasteiger partial charge >= 0.3 is 0 Å². The van der Waals surface area contributed by atoms with Crippen LogP contribution in [0.5, 0.6) is 5.75 Å². The van der Waals surface area contributed by atoms with Crippen LogP contribution in [0.4, 0.5) is 5.69 Å². The number of pyridine rings is 1. The molecule has 0 radical (unpaired) electrons. The van der Waals surface area contributed by atoms with Crippen LogP contribution < -0.4 is 20.1 Å². The number of ether oxygens (including phenoxy) is 2. The molecule has 9 nitrogen and oxygen atoms in total. The van der Waals surface area contributed by atoms with Crippen molar-refractivity contribution in [3.8, 4) is 5.75 Å². The second-order valence-corrected chi connectivity index (χ2v) is 7.70. The van der Waals surface area contributed by atoms with Gasteiger partial charge in [-0.15, -0.1) is 24.0 Å². The Hall–Kier alpha value is -1.96. The third kappa shape index (κ3) is 9.24. The number of aromatic nitrogens is 1. The van der Waals surface area contributed by atoms with E-state index in [1.807, 2.05) is 24.3 Å². The molecule has 0 saturated heterocycles. The molecule has 0 spiro atoms. The second-order valence-electron chi connectivity index (χ2n) is 5.93. The van der Waals surface area contributed by atoms with Crippen LogP contribution in [0.25, 0.3) is 0 Å². The van der Waals surface area contributed by atoms with E-state index in [-0.39, 0.29) is 35.4 Å². The molecule has 0 unspecified atom stereocenters. The van der Waals surface area contributed by atoms with Crippen LogP contribution >= 0.6 is 24.0 Å². The minimum Gasteiger partial charge on any atom is -0.493 e. The zero-order valence-corrected chi connectivity index (χ0v) is 20.1. The van der Waals surface area contributed by atoms with Crippen molar-refractivity contribution in [1.29, 1.82) is 0 Å². The quantitative estimate of drug-likeness (QED) is 0.170. The smallest absolute Gasteiger partial charge is 0.242 e. The van der Waals surface area contributed by atoms with E-state index in [4.69, 9.17) is 9.47 Å². The van der Waals surface area contributed by atoms with E-state index in [1.165, 1.54) is 18.5 Å². The SMILES string of the molecule is CN=C(NCCNS(=O)(=O)c1cccnc1)Nc1cccc(OCCCOC)c1.I. The van der Waals surface area contributed by atoms with Crippen molar-refractivity contribution in [2.75, 3.05) is 45.8 Å². The Morgan fingerprint density at radius 1 is 1.17 bits per heavy atom. The first-order valence-corrected chi connectivity index (χ1v) is 10.6. The number of anilines is 1. The van der Waals surface area contributed by atoms with Crippen molar-refractivity contribution < 1.29 is 17.9 Å². The summed E-state index contributed by atoms with van der Waals surface area (Å²) >= 11 is 0. The van der Waals surface area contributed by atoms with Gasteiger partial charge in [0.2, 0.25) is 10.0 Å². The molecular weight excluding hydrogens is 521 g/mol. The number of sulfonamides is 1. The summed E-state index contributed by atoms with van der Waals surface area (Å²) in [5, 5.41) is 6.21. The first kappa shape index (κ1) is 26.1. The molecule has 1 heterocycles. The number of rotatable bonds is 11. The Balaban J connectivity index is 0.00000450. The van der Waals surface area contributed by atoms with Gasteiger partial charge in [0, 0.05) is 64.4 Å². The molecule has 2 aromatic rings. The Morgan fingerprint density at radius 2 is 2.00 bits per heavy atom. The number of benzene rings is 1. The highest BCUT2D eigenvalue weighted by atomic mass is 127. The first-order valence-electron chi connectivity index (χ1n) is 9.14. The Bertz CT molecular complexity index is 882. The predicted molar refractivity (Wildman–Crippen MR) is 128 cm³/mol. The normalized spacial score (nSPS) is 11.5. The third-order valence-corrected chi connectivity index (χ3v) is 5.18. The average Bonchev–Trinajstić information content (AvgIpc) is 2.74. The molecule has 11 heteroatoms. The molecule has 2 rings (SSSR count). The third-order valence-electron chi connectivity index (χ3n) is 3.74. The summed E-state index contributed by atoms with van der Waals surface area (Å²) in [6, 6.07) is 10.6. The molecule has 0 aliphatic carbocycles. The summed E-state index contributed by atoms with van der Waals surface area (Å²) in [5.74, 6) is 1.26. The molecule has 0 fully saturated rings. The number of guanidine groups is 1. The Labute approximate surface area is 194 Å². The van der Waals surface area contributed by atoms with Crippen LogP contribution in [0.3, 0.4) is 0 Å². The van der Waals surface area contributed by atoms with Crippen LogP contribution in [0.1, 0.15) is 6.42 Å². The second kappa shape index (κ2) is 14.1. The lowest BCUT2D eigenvalue weighted by atomic mass is 10.3. The van der Waals surface area contributed by atoms with E-state index in [0.29, 0.717) is 25.7 Å². The van der Waals surface area contributed by atoms with Gasteiger partial charge in [0.15, 0.2) is 5.96 Å². The fraction of sp³-hybridized carbons (Fsp3) is 0.368. The first-order chi connectivity index (χ1) is 14.0. The standard InChI is InChI=1S/C19H27N5O4S.HI/c1-20-19(22-10-11-23-29(25,26)18-8-4-9-21-15-18)24-16-6-3-7-17(14-16)28-13-5-12-27-2;/h3-4,6-9,14-15,23H,5,10-13H2,1-2H3,(H2,20,22,24);1H. The molecule has 30 heavy (non-hydrogen) atoms. The zero-order valence-electron chi connectivity index (χ0n) is 17.0. The van der Waals surface area contributed by atoms with Crippen LogP contribution in [0, 0.1) is 0 Å². The number of nitrogens with one attached hydrogen (secondary N) is 3. The number of halogens is 1. The monoisotopic (exact) mass is 549 g/mol. The molecule has 0 aliphatic heterocycles. The van der Waals surface area contributed by atoms with Crippen LogP contribution in [-0.2, 0) is 14.8 Å². The molecule has 1 aromatic heterocycles. The molecule has 3 N–H and O–H groups in total. The van der Waals surface area contributed by atoms with Gasteiger partial charge < -0.3 is 20.1 Å². The number of aliphatic imine (C=N–C) groups is 1. The number of methoxy groups -OCH3 is 1. The van der Waals surface area contributed by atoms with Crippen molar-refractivity contribution in [3.05, 3.63) is 48.8 Å². The molecule has 0 atom stereocenters. The topological polar surface area (TPSA) is 114 Å². The predicted octanol–water partition coefficient (Wildman–Crippen LogP) is 2.08. The van der Waals surface area contributed by atoms with Gasteiger partial charge in [0.05, 0.1) is 6.61 Å². The van der Waals surface area contributed by atoms with Crippen molar-refractivity contribution in [1.82, 2.24) is 15.0 Å². The highest BCUT2D eigenvalue weighted by Gasteiger charge is 2.12. The van der Waals surface area contributed by atoms with E-state index in [2.05, 4.69) is 25.3 Å². The average molecular weight is 549 g/mol. The van der Waals surface area contributed by atoms with Gasteiger partial charge in [-0.3, -0.25) is 9.98 Å². The molecule has 1 aromatic carbocycles. The van der Waals surface area contributed by atoms with Crippen molar-refractivity contribution >= 4 is 45.6 Å². The maximum Gasteiger partial charge on any atom is 0.242 e. The van der Waals surface area contributed by atoms with Gasteiger partial charge in [-0.2, -0.15) is 0 Å². The largest absolute Gasteiger partial charge is 0.493 e. The summed E-state index contributed by atoms with van der Waals surface area (Å²) in [6.45, 7) is 1.77. The van der Waals surface area contributed by atoms with Gasteiger partial charge in [-0.1, -0.05) is 6.07 Å². The molecule has 0 aliphatic rings. The molecule has 0 saturated carbocycles. The minimum absolute atomic E-state index is 0. The van der Waals surface area contributed by atoms with Crippen LogP contribution in [-0.4, -0.2) is 59.8 Å². The number of hydrogen-bond acceptors (Lipinski definition) is 6. The number of nitrogens with zero attached hydrogens (tertiary/aromatic N) is 2. The molecular formula is C19H28IN5O4S. The maximum absolute atomic E-state index is 12.2. The fourth-order valence-corrected chi connectivity index (χ4v) is 3.32. The summed E-state index contributed by atoms with van der Waals surface area (Å²) in [4.78, 5) is 8.09.